The highest BCUT2D eigenvalue weighted by atomic mass is 32.2. The zero-order valence-electron chi connectivity index (χ0n) is 11.0. The second-order valence-corrected chi connectivity index (χ2v) is 6.08. The molecule has 106 valence electrons. The van der Waals surface area contributed by atoms with Crippen LogP contribution in [0.25, 0.3) is 0 Å². The van der Waals surface area contributed by atoms with Crippen molar-refractivity contribution in [2.45, 2.75) is 11.8 Å². The first-order valence-corrected chi connectivity index (χ1v) is 7.27. The van der Waals surface area contributed by atoms with Gasteiger partial charge in [-0.2, -0.15) is 0 Å². The van der Waals surface area contributed by atoms with Crippen molar-refractivity contribution in [3.8, 4) is 0 Å². The third-order valence-corrected chi connectivity index (χ3v) is 4.27. The molecule has 0 saturated heterocycles. The van der Waals surface area contributed by atoms with Crippen LogP contribution in [-0.2, 0) is 17.1 Å². The van der Waals surface area contributed by atoms with Crippen molar-refractivity contribution in [3.63, 3.8) is 0 Å². The van der Waals surface area contributed by atoms with Crippen LogP contribution in [0.2, 0.25) is 0 Å². The number of hydrogen-bond donors (Lipinski definition) is 2. The molecule has 0 saturated carbocycles. The van der Waals surface area contributed by atoms with E-state index in [4.69, 9.17) is 5.11 Å². The van der Waals surface area contributed by atoms with Gasteiger partial charge in [-0.1, -0.05) is 6.07 Å². The van der Waals surface area contributed by atoms with E-state index in [0.717, 1.165) is 0 Å². The number of aryl methyl sites for hydroxylation is 1. The van der Waals surface area contributed by atoms with E-state index in [0.29, 0.717) is 5.56 Å². The number of aromatic carboxylic acids is 1. The summed E-state index contributed by atoms with van der Waals surface area (Å²) < 4.78 is 28.4. The van der Waals surface area contributed by atoms with Gasteiger partial charge in [-0.05, 0) is 30.7 Å². The number of carboxylic acids is 1. The first-order valence-electron chi connectivity index (χ1n) is 5.79. The van der Waals surface area contributed by atoms with Crippen molar-refractivity contribution in [1.82, 2.24) is 4.57 Å². The number of hydrogen-bond acceptors (Lipinski definition) is 3. The zero-order valence-corrected chi connectivity index (χ0v) is 11.8. The summed E-state index contributed by atoms with van der Waals surface area (Å²) in [4.78, 5) is 11.2. The predicted molar refractivity (Wildman–Crippen MR) is 74.4 cm³/mol. The van der Waals surface area contributed by atoms with Gasteiger partial charge >= 0.3 is 5.97 Å². The molecule has 2 N–H and O–H groups in total. The lowest BCUT2D eigenvalue weighted by molar-refractivity contribution is 0.0696. The van der Waals surface area contributed by atoms with Crippen molar-refractivity contribution < 1.29 is 18.3 Å². The Hall–Kier alpha value is -2.28. The number of benzene rings is 1. The molecule has 6 nitrogen and oxygen atoms in total. The Morgan fingerprint density at radius 1 is 1.30 bits per heavy atom. The highest BCUT2D eigenvalue weighted by molar-refractivity contribution is 7.92. The lowest BCUT2D eigenvalue weighted by Gasteiger charge is -2.11. The molecular formula is C13H14N2O4S. The largest absolute Gasteiger partial charge is 0.478 e. The molecule has 2 aromatic rings. The Balaban J connectivity index is 2.40. The van der Waals surface area contributed by atoms with Crippen LogP contribution in [0.3, 0.4) is 0 Å². The van der Waals surface area contributed by atoms with Gasteiger partial charge < -0.3 is 9.67 Å². The molecular weight excluding hydrogens is 280 g/mol. The normalized spacial score (nSPS) is 11.3. The number of carbonyl (C=O) groups is 1. The molecule has 0 fully saturated rings. The van der Waals surface area contributed by atoms with Gasteiger partial charge in [0.2, 0.25) is 0 Å². The highest BCUT2D eigenvalue weighted by Crippen LogP contribution is 2.22. The molecule has 1 heterocycles. The van der Waals surface area contributed by atoms with Gasteiger partial charge in [-0.15, -0.1) is 0 Å². The monoisotopic (exact) mass is 294 g/mol. The first kappa shape index (κ1) is 14.1. The molecule has 1 aromatic heterocycles. The van der Waals surface area contributed by atoms with Crippen LogP contribution in [0.5, 0.6) is 0 Å². The number of nitrogens with one attached hydrogen (secondary N) is 1. The maximum Gasteiger partial charge on any atom is 0.336 e. The molecule has 20 heavy (non-hydrogen) atoms. The summed E-state index contributed by atoms with van der Waals surface area (Å²) in [5, 5.41) is 9.03. The summed E-state index contributed by atoms with van der Waals surface area (Å²) in [6.07, 6.45) is 3.09. The number of sulfonamides is 1. The Labute approximate surface area is 116 Å². The zero-order chi connectivity index (χ0) is 14.9. The first-order chi connectivity index (χ1) is 9.31. The summed E-state index contributed by atoms with van der Waals surface area (Å²) in [5.41, 5.74) is 0.700. The lowest BCUT2D eigenvalue weighted by atomic mass is 10.1. The summed E-state index contributed by atoms with van der Waals surface area (Å²) in [6, 6.07) is 5.93. The fraction of sp³-hybridized carbons (Fsp3) is 0.154. The Bertz CT molecular complexity index is 762. The van der Waals surface area contributed by atoms with E-state index in [-0.39, 0.29) is 16.1 Å². The van der Waals surface area contributed by atoms with E-state index in [1.165, 1.54) is 30.5 Å². The maximum atomic E-state index is 12.2. The van der Waals surface area contributed by atoms with E-state index in [2.05, 4.69) is 4.72 Å². The molecule has 0 radical (unpaired) electrons. The smallest absolute Gasteiger partial charge is 0.336 e. The quantitative estimate of drug-likeness (QED) is 0.900. The van der Waals surface area contributed by atoms with Crippen LogP contribution in [0.1, 0.15) is 15.9 Å². The maximum absolute atomic E-state index is 12.2. The summed E-state index contributed by atoms with van der Waals surface area (Å²) in [5.74, 6) is -1.09. The van der Waals surface area contributed by atoms with Crippen molar-refractivity contribution in [2.75, 3.05) is 4.72 Å². The molecule has 0 bridgehead atoms. The minimum absolute atomic E-state index is 0.0678. The standard InChI is InChI=1S/C13H14N2O4S/c1-9-11(13(16)17)4-3-5-12(9)14-20(18,19)10-6-7-15(2)8-10/h3-8,14H,1-2H3,(H,16,17). The Kier molecular flexibility index (Phi) is 3.54. The number of carboxylic acid groups (broad SMARTS) is 1. The molecule has 7 heteroatoms. The second-order valence-electron chi connectivity index (χ2n) is 4.40. The highest BCUT2D eigenvalue weighted by Gasteiger charge is 2.18. The van der Waals surface area contributed by atoms with Gasteiger partial charge in [-0.3, -0.25) is 4.72 Å². The van der Waals surface area contributed by atoms with Gasteiger partial charge in [-0.25, -0.2) is 13.2 Å². The topological polar surface area (TPSA) is 88.4 Å². The SMILES string of the molecule is Cc1c(NS(=O)(=O)c2ccn(C)c2)cccc1C(=O)O. The third kappa shape index (κ3) is 2.67. The Morgan fingerprint density at radius 2 is 2.00 bits per heavy atom. The van der Waals surface area contributed by atoms with Gasteiger partial charge in [0, 0.05) is 19.4 Å². The van der Waals surface area contributed by atoms with Crippen LogP contribution < -0.4 is 4.72 Å². The van der Waals surface area contributed by atoms with Crippen LogP contribution in [0.4, 0.5) is 5.69 Å². The van der Waals surface area contributed by atoms with Crippen LogP contribution in [-0.4, -0.2) is 24.1 Å². The molecule has 0 aliphatic heterocycles. The molecule has 0 spiro atoms. The van der Waals surface area contributed by atoms with E-state index in [1.807, 2.05) is 0 Å². The molecule has 2 rings (SSSR count). The summed E-state index contributed by atoms with van der Waals surface area (Å²) in [7, 11) is -2.00. The fourth-order valence-electron chi connectivity index (χ4n) is 1.82. The number of nitrogens with zero attached hydrogens (tertiary/aromatic N) is 1. The van der Waals surface area contributed by atoms with E-state index in [1.54, 1.807) is 24.7 Å². The van der Waals surface area contributed by atoms with Crippen molar-refractivity contribution in [1.29, 1.82) is 0 Å². The Morgan fingerprint density at radius 3 is 2.55 bits per heavy atom. The van der Waals surface area contributed by atoms with Gasteiger partial charge in [0.1, 0.15) is 4.90 Å². The average Bonchev–Trinajstić information content (AvgIpc) is 2.79. The second kappa shape index (κ2) is 5.01. The number of rotatable bonds is 4. The molecule has 0 amide bonds. The van der Waals surface area contributed by atoms with Crippen molar-refractivity contribution in [2.24, 2.45) is 7.05 Å². The van der Waals surface area contributed by atoms with Gasteiger partial charge in [0.25, 0.3) is 10.0 Å². The summed E-state index contributed by atoms with van der Waals surface area (Å²) in [6.45, 7) is 1.56. The minimum Gasteiger partial charge on any atom is -0.478 e. The third-order valence-electron chi connectivity index (χ3n) is 2.92. The van der Waals surface area contributed by atoms with Crippen molar-refractivity contribution in [3.05, 3.63) is 47.8 Å². The lowest BCUT2D eigenvalue weighted by Crippen LogP contribution is -2.14. The number of aromatic nitrogens is 1. The van der Waals surface area contributed by atoms with Gasteiger partial charge in [0.15, 0.2) is 0 Å². The van der Waals surface area contributed by atoms with Crippen LogP contribution in [0.15, 0.2) is 41.6 Å². The van der Waals surface area contributed by atoms with E-state index >= 15 is 0 Å². The number of anilines is 1. The summed E-state index contributed by atoms with van der Waals surface area (Å²) >= 11 is 0. The fourth-order valence-corrected chi connectivity index (χ4v) is 2.99. The minimum atomic E-state index is -3.72. The van der Waals surface area contributed by atoms with Gasteiger partial charge in [0.05, 0.1) is 11.3 Å². The van der Waals surface area contributed by atoms with Crippen LogP contribution >= 0.6 is 0 Å². The molecule has 0 atom stereocenters. The molecule has 0 unspecified atom stereocenters. The van der Waals surface area contributed by atoms with Crippen LogP contribution in [0, 0.1) is 6.92 Å². The van der Waals surface area contributed by atoms with Crippen molar-refractivity contribution >= 4 is 21.7 Å². The molecule has 1 aromatic carbocycles. The molecule has 0 aliphatic rings. The predicted octanol–water partition coefficient (Wildman–Crippen LogP) is 1.83. The average molecular weight is 294 g/mol. The van der Waals surface area contributed by atoms with E-state index in [9.17, 15) is 13.2 Å². The molecule has 0 aliphatic carbocycles. The van der Waals surface area contributed by atoms with E-state index < -0.39 is 16.0 Å².